The van der Waals surface area contributed by atoms with E-state index in [0.29, 0.717) is 32.1 Å². The molecule has 4 aromatic rings. The summed E-state index contributed by atoms with van der Waals surface area (Å²) in [5.41, 5.74) is 3.87. The highest BCUT2D eigenvalue weighted by atomic mass is 35.5. The lowest BCUT2D eigenvalue weighted by molar-refractivity contribution is -0.115. The Bertz CT molecular complexity index is 1370. The predicted octanol–water partition coefficient (Wildman–Crippen LogP) is 7.80. The molecule has 0 aliphatic carbocycles. The number of nitrogens with one attached hydrogen (secondary N) is 2. The van der Waals surface area contributed by atoms with Gasteiger partial charge in [0.05, 0.1) is 21.0 Å². The van der Waals surface area contributed by atoms with E-state index in [1.54, 1.807) is 18.2 Å². The fraction of sp³-hybridized carbons (Fsp3) is 0.115. The molecule has 3 aromatic carbocycles. The summed E-state index contributed by atoms with van der Waals surface area (Å²) in [4.78, 5) is 30.5. The third-order valence-corrected chi connectivity index (χ3v) is 7.63. The first-order valence-electron chi connectivity index (χ1n) is 10.6. The van der Waals surface area contributed by atoms with Crippen LogP contribution in [0.4, 0.5) is 10.8 Å². The summed E-state index contributed by atoms with van der Waals surface area (Å²) in [7, 11) is 0. The molecule has 1 atom stereocenters. The van der Waals surface area contributed by atoms with Crippen LogP contribution in [0.25, 0.3) is 11.3 Å². The Morgan fingerprint density at radius 1 is 0.971 bits per heavy atom. The monoisotopic (exact) mass is 541 g/mol. The van der Waals surface area contributed by atoms with E-state index in [1.165, 1.54) is 23.1 Å². The molecule has 0 saturated carbocycles. The van der Waals surface area contributed by atoms with E-state index in [4.69, 9.17) is 23.2 Å². The maximum atomic E-state index is 12.7. The van der Waals surface area contributed by atoms with Crippen LogP contribution in [0, 0.1) is 6.92 Å². The van der Waals surface area contributed by atoms with Gasteiger partial charge in [0, 0.05) is 27.1 Å². The van der Waals surface area contributed by atoms with E-state index < -0.39 is 0 Å². The lowest BCUT2D eigenvalue weighted by atomic mass is 10.1. The molecule has 178 valence electrons. The fourth-order valence-electron chi connectivity index (χ4n) is 3.19. The van der Waals surface area contributed by atoms with Gasteiger partial charge in [-0.25, -0.2) is 4.98 Å². The van der Waals surface area contributed by atoms with Crippen molar-refractivity contribution in [1.29, 1.82) is 0 Å². The summed E-state index contributed by atoms with van der Waals surface area (Å²) < 4.78 is 0. The first kappa shape index (κ1) is 25.3. The molecular formula is C26H21Cl2N3O2S2. The molecule has 1 heterocycles. The summed E-state index contributed by atoms with van der Waals surface area (Å²) in [6.07, 6.45) is 0. The van der Waals surface area contributed by atoms with Crippen molar-refractivity contribution >= 4 is 68.9 Å². The number of rotatable bonds is 7. The van der Waals surface area contributed by atoms with Gasteiger partial charge in [-0.1, -0.05) is 47.0 Å². The molecule has 2 N–H and O–H groups in total. The van der Waals surface area contributed by atoms with E-state index in [1.807, 2.05) is 67.8 Å². The average Bonchev–Trinajstić information content (AvgIpc) is 3.30. The highest BCUT2D eigenvalue weighted by molar-refractivity contribution is 8.00. The number of hydrogen-bond acceptors (Lipinski definition) is 5. The van der Waals surface area contributed by atoms with Gasteiger partial charge in [0.2, 0.25) is 5.91 Å². The van der Waals surface area contributed by atoms with Gasteiger partial charge in [-0.05, 0) is 62.4 Å². The smallest absolute Gasteiger partial charge is 0.255 e. The second-order valence-corrected chi connectivity index (χ2v) is 10.9. The molecule has 9 heteroatoms. The molecule has 0 saturated heterocycles. The number of amides is 2. The van der Waals surface area contributed by atoms with Crippen LogP contribution in [0.1, 0.15) is 22.8 Å². The van der Waals surface area contributed by atoms with Gasteiger partial charge >= 0.3 is 0 Å². The van der Waals surface area contributed by atoms with Crippen molar-refractivity contribution in [3.05, 3.63) is 93.3 Å². The highest BCUT2D eigenvalue weighted by Crippen LogP contribution is 2.31. The zero-order valence-corrected chi connectivity index (χ0v) is 22.0. The number of aryl methyl sites for hydroxylation is 1. The summed E-state index contributed by atoms with van der Waals surface area (Å²) in [6, 6.07) is 20.1. The third-order valence-electron chi connectivity index (χ3n) is 5.02. The number of halogens is 2. The molecule has 0 bridgehead atoms. The normalized spacial score (nSPS) is 11.7. The number of carbonyl (C=O) groups is 2. The number of nitrogens with zero attached hydrogens (tertiary/aromatic N) is 1. The molecule has 5 nitrogen and oxygen atoms in total. The van der Waals surface area contributed by atoms with Crippen LogP contribution >= 0.6 is 46.3 Å². The van der Waals surface area contributed by atoms with Crippen LogP contribution in [0.3, 0.4) is 0 Å². The molecule has 1 unspecified atom stereocenters. The van der Waals surface area contributed by atoms with Gasteiger partial charge < -0.3 is 10.6 Å². The standard InChI is InChI=1S/C26H21Cl2N3O2S2/c1-15-4-3-5-18(12-15)25(33)29-19-7-9-20(10-8-19)35-16(2)24(32)31-26-30-23(14-34-26)17-6-11-21(27)22(28)13-17/h3-14,16H,1-2H3,(H,29,33)(H,30,31,32). The molecule has 0 spiro atoms. The fourth-order valence-corrected chi connectivity index (χ4v) is 5.08. The summed E-state index contributed by atoms with van der Waals surface area (Å²) in [6.45, 7) is 3.78. The number of anilines is 2. The molecule has 1 aromatic heterocycles. The third kappa shape index (κ3) is 6.64. The minimum Gasteiger partial charge on any atom is -0.322 e. The van der Waals surface area contributed by atoms with Crippen LogP contribution in [0.5, 0.6) is 0 Å². The summed E-state index contributed by atoms with van der Waals surface area (Å²) in [5, 5.41) is 8.72. The van der Waals surface area contributed by atoms with E-state index in [2.05, 4.69) is 15.6 Å². The Labute approximate surface area is 221 Å². The number of hydrogen-bond donors (Lipinski definition) is 2. The Kier molecular flexibility index (Phi) is 8.13. The maximum Gasteiger partial charge on any atom is 0.255 e. The van der Waals surface area contributed by atoms with Crippen LogP contribution in [-0.4, -0.2) is 22.0 Å². The highest BCUT2D eigenvalue weighted by Gasteiger charge is 2.17. The molecular weight excluding hydrogens is 521 g/mol. The van der Waals surface area contributed by atoms with Crippen molar-refractivity contribution < 1.29 is 9.59 Å². The van der Waals surface area contributed by atoms with E-state index in [-0.39, 0.29) is 17.1 Å². The second kappa shape index (κ2) is 11.3. The molecule has 2 amide bonds. The number of aromatic nitrogens is 1. The van der Waals surface area contributed by atoms with Gasteiger partial charge in [0.15, 0.2) is 5.13 Å². The Balaban J connectivity index is 1.32. The summed E-state index contributed by atoms with van der Waals surface area (Å²) in [5.74, 6) is -0.313. The Hall–Kier alpha value is -2.84. The lowest BCUT2D eigenvalue weighted by Gasteiger charge is -2.11. The van der Waals surface area contributed by atoms with Crippen LogP contribution in [0.15, 0.2) is 77.0 Å². The van der Waals surface area contributed by atoms with E-state index >= 15 is 0 Å². The zero-order valence-electron chi connectivity index (χ0n) is 18.8. The quantitative estimate of drug-likeness (QED) is 0.234. The van der Waals surface area contributed by atoms with Crippen molar-refractivity contribution in [2.45, 2.75) is 24.0 Å². The minimum atomic E-state index is -0.347. The van der Waals surface area contributed by atoms with Gasteiger partial charge in [0.1, 0.15) is 0 Å². The van der Waals surface area contributed by atoms with Gasteiger partial charge in [0.25, 0.3) is 5.91 Å². The molecule has 0 aliphatic heterocycles. The second-order valence-electron chi connectivity index (χ2n) is 7.76. The van der Waals surface area contributed by atoms with Crippen molar-refractivity contribution in [2.75, 3.05) is 10.6 Å². The van der Waals surface area contributed by atoms with Crippen molar-refractivity contribution in [3.8, 4) is 11.3 Å². The van der Waals surface area contributed by atoms with Crippen LogP contribution in [0.2, 0.25) is 10.0 Å². The molecule has 0 radical (unpaired) electrons. The molecule has 4 rings (SSSR count). The predicted molar refractivity (Wildman–Crippen MR) is 147 cm³/mol. The summed E-state index contributed by atoms with van der Waals surface area (Å²) >= 11 is 14.8. The molecule has 35 heavy (non-hydrogen) atoms. The first-order chi connectivity index (χ1) is 16.8. The largest absolute Gasteiger partial charge is 0.322 e. The van der Waals surface area contributed by atoms with Crippen molar-refractivity contribution in [1.82, 2.24) is 4.98 Å². The van der Waals surface area contributed by atoms with E-state index in [9.17, 15) is 9.59 Å². The van der Waals surface area contributed by atoms with Crippen LogP contribution < -0.4 is 10.6 Å². The topological polar surface area (TPSA) is 71.1 Å². The van der Waals surface area contributed by atoms with Crippen molar-refractivity contribution in [2.24, 2.45) is 0 Å². The SMILES string of the molecule is Cc1cccc(C(=O)Nc2ccc(SC(C)C(=O)Nc3nc(-c4ccc(Cl)c(Cl)c4)cs3)cc2)c1. The first-order valence-corrected chi connectivity index (χ1v) is 13.2. The van der Waals surface area contributed by atoms with Crippen molar-refractivity contribution in [3.63, 3.8) is 0 Å². The minimum absolute atomic E-state index is 0.151. The zero-order chi connectivity index (χ0) is 24.9. The number of thioether (sulfide) groups is 1. The Morgan fingerprint density at radius 3 is 2.46 bits per heavy atom. The average molecular weight is 543 g/mol. The van der Waals surface area contributed by atoms with Gasteiger partial charge in [-0.15, -0.1) is 23.1 Å². The number of carbonyl (C=O) groups excluding carboxylic acids is 2. The van der Waals surface area contributed by atoms with E-state index in [0.717, 1.165) is 16.0 Å². The van der Waals surface area contributed by atoms with Gasteiger partial charge in [-0.2, -0.15) is 0 Å². The van der Waals surface area contributed by atoms with Gasteiger partial charge in [-0.3, -0.25) is 9.59 Å². The Morgan fingerprint density at radius 2 is 1.74 bits per heavy atom. The molecule has 0 aliphatic rings. The number of benzene rings is 3. The maximum absolute atomic E-state index is 12.7. The molecule has 0 fully saturated rings. The van der Waals surface area contributed by atoms with Crippen LogP contribution in [-0.2, 0) is 4.79 Å². The lowest BCUT2D eigenvalue weighted by Crippen LogP contribution is -2.22. The number of thiazole rings is 1.